The number of sulfone groups is 1. The van der Waals surface area contributed by atoms with Crippen molar-refractivity contribution >= 4 is 15.7 Å². The van der Waals surface area contributed by atoms with Gasteiger partial charge in [0.2, 0.25) is 0 Å². The van der Waals surface area contributed by atoms with Gasteiger partial charge in [-0.2, -0.15) is 0 Å². The molecule has 6 nitrogen and oxygen atoms in total. The van der Waals surface area contributed by atoms with Gasteiger partial charge in [0.05, 0.1) is 18.1 Å². The summed E-state index contributed by atoms with van der Waals surface area (Å²) in [7, 11) is -3.09. The molecule has 0 bridgehead atoms. The van der Waals surface area contributed by atoms with Crippen LogP contribution in [-0.2, 0) is 21.2 Å². The lowest BCUT2D eigenvalue weighted by Crippen LogP contribution is -2.43. The number of hydrogen-bond acceptors (Lipinski definition) is 5. The smallest absolute Gasteiger partial charge is 0.261 e. The van der Waals surface area contributed by atoms with Crippen LogP contribution in [0.25, 0.3) is 0 Å². The fraction of sp³-hybridized carbons (Fsp3) is 0.389. The van der Waals surface area contributed by atoms with Crippen LogP contribution in [0.15, 0.2) is 46.9 Å². The van der Waals surface area contributed by atoms with Crippen LogP contribution in [-0.4, -0.2) is 43.4 Å². The van der Waals surface area contributed by atoms with Crippen molar-refractivity contribution in [1.82, 2.24) is 4.90 Å². The van der Waals surface area contributed by atoms with Gasteiger partial charge in [-0.1, -0.05) is 18.2 Å². The number of benzene rings is 1. The molecule has 0 aliphatic carbocycles. The second-order valence-electron chi connectivity index (χ2n) is 6.19. The van der Waals surface area contributed by atoms with Crippen molar-refractivity contribution in [3.8, 4) is 5.75 Å². The first-order valence-corrected chi connectivity index (χ1v) is 9.98. The van der Waals surface area contributed by atoms with Crippen LogP contribution < -0.4 is 4.74 Å². The molecule has 134 valence electrons. The molecule has 7 heteroatoms. The fourth-order valence-electron chi connectivity index (χ4n) is 2.92. The van der Waals surface area contributed by atoms with E-state index in [4.69, 9.17) is 9.15 Å². The molecule has 1 fully saturated rings. The van der Waals surface area contributed by atoms with Crippen LogP contribution in [0.1, 0.15) is 17.9 Å². The molecule has 0 unspecified atom stereocenters. The van der Waals surface area contributed by atoms with E-state index in [1.54, 1.807) is 23.1 Å². The lowest BCUT2D eigenvalue weighted by molar-refractivity contribution is -0.136. The molecule has 3 rings (SSSR count). The van der Waals surface area contributed by atoms with E-state index in [9.17, 15) is 13.2 Å². The van der Waals surface area contributed by atoms with E-state index in [0.717, 1.165) is 5.76 Å². The Hall–Kier alpha value is -2.28. The number of furan rings is 1. The first-order valence-electron chi connectivity index (χ1n) is 8.16. The van der Waals surface area contributed by atoms with Crippen molar-refractivity contribution in [3.05, 3.63) is 54.0 Å². The van der Waals surface area contributed by atoms with E-state index < -0.39 is 9.84 Å². The van der Waals surface area contributed by atoms with Crippen molar-refractivity contribution in [3.63, 3.8) is 0 Å². The van der Waals surface area contributed by atoms with Crippen molar-refractivity contribution < 1.29 is 22.4 Å². The van der Waals surface area contributed by atoms with Crippen LogP contribution >= 0.6 is 0 Å². The third-order valence-electron chi connectivity index (χ3n) is 4.20. The third kappa shape index (κ3) is 4.63. The van der Waals surface area contributed by atoms with Gasteiger partial charge in [0, 0.05) is 6.04 Å². The molecule has 1 atom stereocenters. The summed E-state index contributed by atoms with van der Waals surface area (Å²) in [5.41, 5.74) is 0. The number of aryl methyl sites for hydroxylation is 1. The molecule has 2 heterocycles. The lowest BCUT2D eigenvalue weighted by Gasteiger charge is -2.27. The van der Waals surface area contributed by atoms with Crippen LogP contribution in [0.4, 0.5) is 0 Å². The molecule has 0 saturated carbocycles. The normalized spacial score (nSPS) is 18.8. The van der Waals surface area contributed by atoms with E-state index in [2.05, 4.69) is 0 Å². The van der Waals surface area contributed by atoms with Crippen molar-refractivity contribution in [2.24, 2.45) is 0 Å². The summed E-state index contributed by atoms with van der Waals surface area (Å²) >= 11 is 0. The summed E-state index contributed by atoms with van der Waals surface area (Å²) < 4.78 is 34.7. The Morgan fingerprint density at radius 3 is 2.60 bits per heavy atom. The molecule has 0 N–H and O–H groups in total. The summed E-state index contributed by atoms with van der Waals surface area (Å²) in [6.45, 7) is 1.93. The Balaban J connectivity index is 1.71. The molecule has 1 aromatic heterocycles. The van der Waals surface area contributed by atoms with Crippen molar-refractivity contribution in [2.45, 2.75) is 25.9 Å². The second-order valence-corrected chi connectivity index (χ2v) is 8.42. The van der Waals surface area contributed by atoms with Gasteiger partial charge in [-0.25, -0.2) is 8.42 Å². The summed E-state index contributed by atoms with van der Waals surface area (Å²) in [5.74, 6) is 1.84. The molecule has 2 aromatic rings. The zero-order valence-electron chi connectivity index (χ0n) is 14.1. The maximum atomic E-state index is 12.7. The molecule has 1 aliphatic rings. The van der Waals surface area contributed by atoms with Crippen molar-refractivity contribution in [1.29, 1.82) is 0 Å². The molecule has 1 saturated heterocycles. The minimum absolute atomic E-state index is 0.0102. The highest BCUT2D eigenvalue weighted by atomic mass is 32.2. The number of hydrogen-bond donors (Lipinski definition) is 0. The Labute approximate surface area is 147 Å². The van der Waals surface area contributed by atoms with Gasteiger partial charge in [0.15, 0.2) is 16.4 Å². The minimum atomic E-state index is -3.09. The number of ether oxygens (including phenoxy) is 1. The molecule has 0 spiro atoms. The highest BCUT2D eigenvalue weighted by molar-refractivity contribution is 7.91. The Kier molecular flexibility index (Phi) is 5.13. The minimum Gasteiger partial charge on any atom is -0.484 e. The highest BCUT2D eigenvalue weighted by Gasteiger charge is 2.35. The number of para-hydroxylation sites is 1. The first kappa shape index (κ1) is 17.5. The predicted octanol–water partition coefficient (Wildman–Crippen LogP) is 2.18. The quantitative estimate of drug-likeness (QED) is 0.786. The van der Waals surface area contributed by atoms with Gasteiger partial charge >= 0.3 is 0 Å². The van der Waals surface area contributed by atoms with Gasteiger partial charge < -0.3 is 14.1 Å². The molecule has 1 aromatic carbocycles. The fourth-order valence-corrected chi connectivity index (χ4v) is 4.66. The van der Waals surface area contributed by atoms with E-state index in [1.165, 1.54) is 0 Å². The standard InChI is InChI=1S/C18H21NO5S/c1-14-7-8-17(24-14)11-19(15-9-10-25(21,22)13-15)18(20)12-23-16-5-3-2-4-6-16/h2-8,15H,9-13H2,1H3/t15-/m0/s1. The zero-order chi connectivity index (χ0) is 17.9. The van der Waals surface area contributed by atoms with E-state index >= 15 is 0 Å². The second kappa shape index (κ2) is 7.31. The Morgan fingerprint density at radius 1 is 1.24 bits per heavy atom. The number of carbonyl (C=O) groups excluding carboxylic acids is 1. The molecule has 1 amide bonds. The summed E-state index contributed by atoms with van der Waals surface area (Å²) in [5, 5.41) is 0. The van der Waals surface area contributed by atoms with Gasteiger partial charge in [-0.15, -0.1) is 0 Å². The average Bonchev–Trinajstić information content (AvgIpc) is 3.16. The largest absolute Gasteiger partial charge is 0.484 e. The molecule has 0 radical (unpaired) electrons. The number of rotatable bonds is 6. The predicted molar refractivity (Wildman–Crippen MR) is 93.0 cm³/mol. The maximum Gasteiger partial charge on any atom is 0.261 e. The summed E-state index contributed by atoms with van der Waals surface area (Å²) in [4.78, 5) is 14.3. The van der Waals surface area contributed by atoms with Crippen LogP contribution in [0.3, 0.4) is 0 Å². The molecular formula is C18H21NO5S. The van der Waals surface area contributed by atoms with Crippen LogP contribution in [0.5, 0.6) is 5.75 Å². The van der Waals surface area contributed by atoms with E-state index in [0.29, 0.717) is 17.9 Å². The average molecular weight is 363 g/mol. The topological polar surface area (TPSA) is 76.8 Å². The Morgan fingerprint density at radius 2 is 2.00 bits per heavy atom. The first-order chi connectivity index (χ1) is 11.9. The summed E-state index contributed by atoms with van der Waals surface area (Å²) in [6.07, 6.45) is 0.444. The Bertz CT molecular complexity index is 828. The lowest BCUT2D eigenvalue weighted by atomic mass is 10.2. The third-order valence-corrected chi connectivity index (χ3v) is 5.95. The number of carbonyl (C=O) groups is 1. The molecule has 1 aliphatic heterocycles. The molecular weight excluding hydrogens is 342 g/mol. The monoisotopic (exact) mass is 363 g/mol. The van der Waals surface area contributed by atoms with Crippen LogP contribution in [0.2, 0.25) is 0 Å². The molecule has 25 heavy (non-hydrogen) atoms. The summed E-state index contributed by atoms with van der Waals surface area (Å²) in [6, 6.07) is 12.3. The van der Waals surface area contributed by atoms with Gasteiger partial charge in [0.1, 0.15) is 17.3 Å². The van der Waals surface area contributed by atoms with E-state index in [1.807, 2.05) is 31.2 Å². The van der Waals surface area contributed by atoms with Gasteiger partial charge in [-0.3, -0.25) is 4.79 Å². The van der Waals surface area contributed by atoms with Crippen LogP contribution in [0, 0.1) is 6.92 Å². The van der Waals surface area contributed by atoms with Crippen molar-refractivity contribution in [2.75, 3.05) is 18.1 Å². The highest BCUT2D eigenvalue weighted by Crippen LogP contribution is 2.21. The van der Waals surface area contributed by atoms with E-state index in [-0.39, 0.29) is 36.6 Å². The van der Waals surface area contributed by atoms with Gasteiger partial charge in [0.25, 0.3) is 5.91 Å². The number of nitrogens with zero attached hydrogens (tertiary/aromatic N) is 1. The number of amides is 1. The zero-order valence-corrected chi connectivity index (χ0v) is 14.9. The SMILES string of the molecule is Cc1ccc(CN(C(=O)COc2ccccc2)[C@H]2CCS(=O)(=O)C2)o1. The van der Waals surface area contributed by atoms with Gasteiger partial charge in [-0.05, 0) is 37.6 Å². The maximum absolute atomic E-state index is 12.7.